The molecule has 0 radical (unpaired) electrons. The number of likely N-dealkylation sites (N-methyl/N-ethyl adjacent to an activating group) is 1. The lowest BCUT2D eigenvalue weighted by Crippen LogP contribution is -2.30. The van der Waals surface area contributed by atoms with Crippen molar-refractivity contribution in [2.45, 2.75) is 26.8 Å². The van der Waals surface area contributed by atoms with Gasteiger partial charge in [-0.3, -0.25) is 0 Å². The van der Waals surface area contributed by atoms with Crippen molar-refractivity contribution in [2.75, 3.05) is 13.7 Å². The lowest BCUT2D eigenvalue weighted by Gasteiger charge is -2.13. The van der Waals surface area contributed by atoms with Gasteiger partial charge in [-0.15, -0.1) is 0 Å². The second-order valence-electron chi connectivity index (χ2n) is 3.98. The Morgan fingerprint density at radius 2 is 1.88 bits per heavy atom. The Morgan fingerprint density at radius 1 is 1.25 bits per heavy atom. The molecular weight excluding hydrogens is 200 g/mol. The average Bonchev–Trinajstić information content (AvgIpc) is 2.26. The monoisotopic (exact) mass is 218 g/mol. The van der Waals surface area contributed by atoms with Gasteiger partial charge in [0.25, 0.3) is 0 Å². The predicted molar refractivity (Wildman–Crippen MR) is 64.6 cm³/mol. The van der Waals surface area contributed by atoms with Gasteiger partial charge in [-0.2, -0.15) is 5.26 Å². The van der Waals surface area contributed by atoms with E-state index in [2.05, 4.69) is 31.3 Å². The molecule has 0 spiro atoms. The van der Waals surface area contributed by atoms with Crippen molar-refractivity contribution >= 4 is 0 Å². The standard InChI is InChI=1S/C13H18N2O/c1-9-5-11(3)13(6-10(9)2)16-8-12(7-14)15-4/h5-6,12,15H,8H2,1-4H3. The molecule has 0 heterocycles. The average molecular weight is 218 g/mol. The molecular formula is C13H18N2O. The SMILES string of the molecule is CNC(C#N)COc1cc(C)c(C)cc1C. The highest BCUT2D eigenvalue weighted by Crippen LogP contribution is 2.22. The van der Waals surface area contributed by atoms with E-state index >= 15 is 0 Å². The molecule has 1 unspecified atom stereocenters. The summed E-state index contributed by atoms with van der Waals surface area (Å²) >= 11 is 0. The fourth-order valence-electron chi connectivity index (χ4n) is 1.45. The van der Waals surface area contributed by atoms with Gasteiger partial charge in [0.1, 0.15) is 18.4 Å². The van der Waals surface area contributed by atoms with Crippen LogP contribution >= 0.6 is 0 Å². The summed E-state index contributed by atoms with van der Waals surface area (Å²) in [5.74, 6) is 0.860. The zero-order valence-corrected chi connectivity index (χ0v) is 10.3. The molecule has 3 nitrogen and oxygen atoms in total. The van der Waals surface area contributed by atoms with Crippen molar-refractivity contribution in [3.63, 3.8) is 0 Å². The number of hydrogen-bond donors (Lipinski definition) is 1. The van der Waals surface area contributed by atoms with Gasteiger partial charge in [0, 0.05) is 0 Å². The molecule has 0 bridgehead atoms. The third-order valence-electron chi connectivity index (χ3n) is 2.70. The van der Waals surface area contributed by atoms with E-state index in [4.69, 9.17) is 10.00 Å². The number of hydrogen-bond acceptors (Lipinski definition) is 3. The van der Waals surface area contributed by atoms with Gasteiger partial charge in [-0.05, 0) is 50.6 Å². The molecule has 0 fully saturated rings. The summed E-state index contributed by atoms with van der Waals surface area (Å²) in [4.78, 5) is 0. The molecule has 1 N–H and O–H groups in total. The number of aryl methyl sites for hydroxylation is 3. The first-order chi connectivity index (χ1) is 7.58. The summed E-state index contributed by atoms with van der Waals surface area (Å²) in [6.45, 7) is 6.53. The number of rotatable bonds is 4. The quantitative estimate of drug-likeness (QED) is 0.841. The van der Waals surface area contributed by atoms with Crippen LogP contribution in [0.1, 0.15) is 16.7 Å². The van der Waals surface area contributed by atoms with Crippen LogP contribution in [0.5, 0.6) is 5.75 Å². The normalized spacial score (nSPS) is 11.9. The molecule has 1 rings (SSSR count). The Kier molecular flexibility index (Phi) is 4.33. The number of nitriles is 1. The smallest absolute Gasteiger partial charge is 0.129 e. The third kappa shape index (κ3) is 2.98. The summed E-state index contributed by atoms with van der Waals surface area (Å²) in [5.41, 5.74) is 3.57. The van der Waals surface area contributed by atoms with Crippen LogP contribution in [0.4, 0.5) is 0 Å². The molecule has 86 valence electrons. The van der Waals surface area contributed by atoms with Gasteiger partial charge >= 0.3 is 0 Å². The van der Waals surface area contributed by atoms with E-state index in [0.717, 1.165) is 11.3 Å². The Hall–Kier alpha value is -1.53. The number of nitrogens with one attached hydrogen (secondary N) is 1. The van der Waals surface area contributed by atoms with E-state index in [1.807, 2.05) is 13.0 Å². The summed E-state index contributed by atoms with van der Waals surface area (Å²) < 4.78 is 5.63. The van der Waals surface area contributed by atoms with E-state index in [1.165, 1.54) is 11.1 Å². The van der Waals surface area contributed by atoms with Crippen molar-refractivity contribution < 1.29 is 4.74 Å². The lowest BCUT2D eigenvalue weighted by molar-refractivity contribution is 0.293. The Morgan fingerprint density at radius 3 is 2.44 bits per heavy atom. The molecule has 0 saturated carbocycles. The predicted octanol–water partition coefficient (Wildman–Crippen LogP) is 2.10. The van der Waals surface area contributed by atoms with E-state index in [1.54, 1.807) is 7.05 Å². The van der Waals surface area contributed by atoms with Gasteiger partial charge < -0.3 is 10.1 Å². The molecule has 0 aliphatic heterocycles. The van der Waals surface area contributed by atoms with Crippen LogP contribution < -0.4 is 10.1 Å². The molecule has 0 aromatic heterocycles. The van der Waals surface area contributed by atoms with Crippen molar-refractivity contribution in [2.24, 2.45) is 0 Å². The Bertz CT molecular complexity index is 407. The Labute approximate surface area is 97.0 Å². The summed E-state index contributed by atoms with van der Waals surface area (Å²) in [7, 11) is 1.75. The minimum atomic E-state index is -0.263. The van der Waals surface area contributed by atoms with Gasteiger partial charge in [0.15, 0.2) is 0 Å². The van der Waals surface area contributed by atoms with Crippen molar-refractivity contribution in [1.82, 2.24) is 5.32 Å². The maximum atomic E-state index is 8.78. The lowest BCUT2D eigenvalue weighted by atomic mass is 10.1. The summed E-state index contributed by atoms with van der Waals surface area (Å²) in [6, 6.07) is 5.99. The largest absolute Gasteiger partial charge is 0.491 e. The first-order valence-corrected chi connectivity index (χ1v) is 5.36. The molecule has 0 aliphatic carbocycles. The van der Waals surface area contributed by atoms with Crippen LogP contribution in [0.25, 0.3) is 0 Å². The highest BCUT2D eigenvalue weighted by atomic mass is 16.5. The fraction of sp³-hybridized carbons (Fsp3) is 0.462. The topological polar surface area (TPSA) is 45.0 Å². The van der Waals surface area contributed by atoms with Crippen molar-refractivity contribution in [3.05, 3.63) is 28.8 Å². The molecule has 0 saturated heterocycles. The minimum absolute atomic E-state index is 0.263. The Balaban J connectivity index is 2.75. The fourth-order valence-corrected chi connectivity index (χ4v) is 1.45. The van der Waals surface area contributed by atoms with E-state index in [0.29, 0.717) is 6.61 Å². The second kappa shape index (κ2) is 5.53. The van der Waals surface area contributed by atoms with Crippen molar-refractivity contribution in [3.8, 4) is 11.8 Å². The number of benzene rings is 1. The van der Waals surface area contributed by atoms with Crippen LogP contribution in [0.15, 0.2) is 12.1 Å². The zero-order valence-electron chi connectivity index (χ0n) is 10.3. The summed E-state index contributed by atoms with van der Waals surface area (Å²) in [6.07, 6.45) is 0. The second-order valence-corrected chi connectivity index (χ2v) is 3.98. The van der Waals surface area contributed by atoms with Crippen LogP contribution in [0, 0.1) is 32.1 Å². The first-order valence-electron chi connectivity index (χ1n) is 5.36. The minimum Gasteiger partial charge on any atom is -0.491 e. The van der Waals surface area contributed by atoms with Crippen LogP contribution in [0.3, 0.4) is 0 Å². The highest BCUT2D eigenvalue weighted by molar-refractivity contribution is 5.40. The molecule has 1 atom stereocenters. The van der Waals surface area contributed by atoms with Gasteiger partial charge in [0.2, 0.25) is 0 Å². The number of nitrogens with zero attached hydrogens (tertiary/aromatic N) is 1. The maximum absolute atomic E-state index is 8.78. The zero-order chi connectivity index (χ0) is 12.1. The summed E-state index contributed by atoms with van der Waals surface area (Å²) in [5, 5.41) is 11.7. The molecule has 1 aromatic rings. The molecule has 0 aliphatic rings. The third-order valence-corrected chi connectivity index (χ3v) is 2.70. The first kappa shape index (κ1) is 12.5. The number of ether oxygens (including phenoxy) is 1. The van der Waals surface area contributed by atoms with E-state index < -0.39 is 0 Å². The van der Waals surface area contributed by atoms with Gasteiger partial charge in [-0.25, -0.2) is 0 Å². The molecule has 3 heteroatoms. The van der Waals surface area contributed by atoms with Crippen LogP contribution in [0.2, 0.25) is 0 Å². The molecule has 1 aromatic carbocycles. The maximum Gasteiger partial charge on any atom is 0.129 e. The van der Waals surface area contributed by atoms with E-state index in [-0.39, 0.29) is 6.04 Å². The van der Waals surface area contributed by atoms with Crippen molar-refractivity contribution in [1.29, 1.82) is 5.26 Å². The van der Waals surface area contributed by atoms with E-state index in [9.17, 15) is 0 Å². The molecule has 16 heavy (non-hydrogen) atoms. The van der Waals surface area contributed by atoms with Crippen LogP contribution in [-0.2, 0) is 0 Å². The van der Waals surface area contributed by atoms with Gasteiger partial charge in [0.05, 0.1) is 6.07 Å². The highest BCUT2D eigenvalue weighted by Gasteiger charge is 2.07. The molecule has 0 amide bonds. The van der Waals surface area contributed by atoms with Gasteiger partial charge in [-0.1, -0.05) is 6.07 Å². The van der Waals surface area contributed by atoms with Crippen LogP contribution in [-0.4, -0.2) is 19.7 Å².